The molecule has 0 spiro atoms. The maximum Gasteiger partial charge on any atom is 0.198 e. The van der Waals surface area contributed by atoms with E-state index < -0.39 is 5.79 Å². The fourth-order valence-corrected chi connectivity index (χ4v) is 1.49. The van der Waals surface area contributed by atoms with E-state index >= 15 is 0 Å². The molecule has 1 aliphatic heterocycles. The van der Waals surface area contributed by atoms with Crippen LogP contribution in [0.1, 0.15) is 6.42 Å². The summed E-state index contributed by atoms with van der Waals surface area (Å²) in [6, 6.07) is 0. The molecule has 1 heterocycles. The second-order valence-electron chi connectivity index (χ2n) is 2.77. The fourth-order valence-electron chi connectivity index (χ4n) is 1.49. The Bertz CT molecular complexity index is 133. The van der Waals surface area contributed by atoms with Crippen LogP contribution in [0.2, 0.25) is 0 Å². The standard InChI is InChI=1S/C8H16O4/c1-9-7-6-12-5-4-8(7,10-2)11-3/h7H,4-6H2,1-3H3/t7-/m1/s1. The molecule has 1 aliphatic rings. The molecule has 0 unspecified atom stereocenters. The van der Waals surface area contributed by atoms with Crippen LogP contribution in [0.4, 0.5) is 0 Å². The molecule has 0 amide bonds. The summed E-state index contributed by atoms with van der Waals surface area (Å²) in [5.74, 6) is -0.618. The van der Waals surface area contributed by atoms with Crippen molar-refractivity contribution >= 4 is 0 Å². The van der Waals surface area contributed by atoms with E-state index in [2.05, 4.69) is 0 Å². The molecule has 0 aromatic carbocycles. The first-order chi connectivity index (χ1) is 5.79. The van der Waals surface area contributed by atoms with Crippen molar-refractivity contribution in [3.8, 4) is 0 Å². The molecule has 0 radical (unpaired) electrons. The van der Waals surface area contributed by atoms with E-state index in [4.69, 9.17) is 18.9 Å². The monoisotopic (exact) mass is 176 g/mol. The van der Waals surface area contributed by atoms with Gasteiger partial charge in [-0.2, -0.15) is 0 Å². The number of hydrogen-bond acceptors (Lipinski definition) is 4. The van der Waals surface area contributed by atoms with Gasteiger partial charge in [0.1, 0.15) is 6.10 Å². The Kier molecular flexibility index (Phi) is 3.46. The molecule has 4 nitrogen and oxygen atoms in total. The van der Waals surface area contributed by atoms with E-state index in [-0.39, 0.29) is 6.10 Å². The molecule has 1 atom stereocenters. The normalized spacial score (nSPS) is 28.8. The Morgan fingerprint density at radius 2 is 1.92 bits per heavy atom. The first-order valence-corrected chi connectivity index (χ1v) is 4.00. The largest absolute Gasteiger partial charge is 0.378 e. The van der Waals surface area contributed by atoms with Crippen LogP contribution in [0.25, 0.3) is 0 Å². The van der Waals surface area contributed by atoms with Crippen molar-refractivity contribution in [1.82, 2.24) is 0 Å². The Labute approximate surface area is 72.7 Å². The maximum absolute atomic E-state index is 5.30. The van der Waals surface area contributed by atoms with Crippen LogP contribution in [-0.2, 0) is 18.9 Å². The third kappa shape index (κ3) is 1.61. The Balaban J connectivity index is 2.66. The highest BCUT2D eigenvalue weighted by Crippen LogP contribution is 2.27. The second kappa shape index (κ2) is 4.18. The molecule has 4 heteroatoms. The van der Waals surface area contributed by atoms with Crippen LogP contribution in [0.15, 0.2) is 0 Å². The minimum atomic E-state index is -0.618. The second-order valence-corrected chi connectivity index (χ2v) is 2.77. The van der Waals surface area contributed by atoms with Gasteiger partial charge in [0.05, 0.1) is 13.2 Å². The van der Waals surface area contributed by atoms with E-state index in [1.165, 1.54) is 0 Å². The first kappa shape index (κ1) is 9.92. The summed E-state index contributed by atoms with van der Waals surface area (Å²) in [6.07, 6.45) is 0.569. The zero-order valence-electron chi connectivity index (χ0n) is 7.83. The summed E-state index contributed by atoms with van der Waals surface area (Å²) in [4.78, 5) is 0. The van der Waals surface area contributed by atoms with Gasteiger partial charge in [-0.1, -0.05) is 0 Å². The lowest BCUT2D eigenvalue weighted by Crippen LogP contribution is -2.53. The van der Waals surface area contributed by atoms with Crippen LogP contribution in [0, 0.1) is 0 Å². The summed E-state index contributed by atoms with van der Waals surface area (Å²) in [5.41, 5.74) is 0. The van der Waals surface area contributed by atoms with E-state index in [1.807, 2.05) is 0 Å². The molecule has 12 heavy (non-hydrogen) atoms. The average Bonchev–Trinajstić information content (AvgIpc) is 2.17. The van der Waals surface area contributed by atoms with Gasteiger partial charge >= 0.3 is 0 Å². The van der Waals surface area contributed by atoms with E-state index in [0.29, 0.717) is 19.6 Å². The predicted octanol–water partition coefficient (Wildman–Crippen LogP) is 0.411. The predicted molar refractivity (Wildman–Crippen MR) is 43.0 cm³/mol. The molecule has 72 valence electrons. The maximum atomic E-state index is 5.30. The molecule has 0 aliphatic carbocycles. The molecular formula is C8H16O4. The van der Waals surface area contributed by atoms with Crippen molar-refractivity contribution in [3.63, 3.8) is 0 Å². The lowest BCUT2D eigenvalue weighted by atomic mass is 10.0. The Morgan fingerprint density at radius 1 is 1.25 bits per heavy atom. The SMILES string of the molecule is CO[C@@H]1COCCC1(OC)OC. The van der Waals surface area contributed by atoms with Crippen molar-refractivity contribution in [2.24, 2.45) is 0 Å². The van der Waals surface area contributed by atoms with Gasteiger partial charge in [0, 0.05) is 27.8 Å². The summed E-state index contributed by atoms with van der Waals surface area (Å²) in [5, 5.41) is 0. The van der Waals surface area contributed by atoms with Gasteiger partial charge in [-0.15, -0.1) is 0 Å². The van der Waals surface area contributed by atoms with Crippen LogP contribution in [0.5, 0.6) is 0 Å². The van der Waals surface area contributed by atoms with E-state index in [9.17, 15) is 0 Å². The zero-order chi connectivity index (χ0) is 9.03. The molecule has 0 aromatic heterocycles. The molecule has 0 bridgehead atoms. The molecular weight excluding hydrogens is 160 g/mol. The summed E-state index contributed by atoms with van der Waals surface area (Å²) in [7, 11) is 4.88. The zero-order valence-corrected chi connectivity index (χ0v) is 7.83. The minimum absolute atomic E-state index is 0.138. The quantitative estimate of drug-likeness (QED) is 0.584. The number of hydrogen-bond donors (Lipinski definition) is 0. The summed E-state index contributed by atoms with van der Waals surface area (Å²) in [6.45, 7) is 1.18. The van der Waals surface area contributed by atoms with Crippen LogP contribution < -0.4 is 0 Å². The Morgan fingerprint density at radius 3 is 2.33 bits per heavy atom. The van der Waals surface area contributed by atoms with Crippen LogP contribution >= 0.6 is 0 Å². The van der Waals surface area contributed by atoms with Crippen molar-refractivity contribution in [2.45, 2.75) is 18.3 Å². The molecule has 1 fully saturated rings. The topological polar surface area (TPSA) is 36.9 Å². The Hall–Kier alpha value is -0.160. The van der Waals surface area contributed by atoms with Gasteiger partial charge in [0.2, 0.25) is 0 Å². The third-order valence-electron chi connectivity index (χ3n) is 2.33. The number of rotatable bonds is 3. The summed E-state index contributed by atoms with van der Waals surface area (Å²) < 4.78 is 21.1. The third-order valence-corrected chi connectivity index (χ3v) is 2.33. The minimum Gasteiger partial charge on any atom is -0.378 e. The van der Waals surface area contributed by atoms with Gasteiger partial charge in [-0.3, -0.25) is 0 Å². The molecule has 0 aromatic rings. The smallest absolute Gasteiger partial charge is 0.198 e. The summed E-state index contributed by atoms with van der Waals surface area (Å²) >= 11 is 0. The lowest BCUT2D eigenvalue weighted by Gasteiger charge is -2.40. The first-order valence-electron chi connectivity index (χ1n) is 4.00. The molecule has 1 rings (SSSR count). The average molecular weight is 176 g/mol. The van der Waals surface area contributed by atoms with Gasteiger partial charge in [0.25, 0.3) is 0 Å². The molecule has 0 saturated carbocycles. The highest BCUT2D eigenvalue weighted by molar-refractivity contribution is 4.83. The molecule has 1 saturated heterocycles. The van der Waals surface area contributed by atoms with Crippen LogP contribution in [0.3, 0.4) is 0 Å². The van der Waals surface area contributed by atoms with Crippen molar-refractivity contribution < 1.29 is 18.9 Å². The van der Waals surface area contributed by atoms with Crippen LogP contribution in [-0.4, -0.2) is 46.4 Å². The number of methoxy groups -OCH3 is 3. The lowest BCUT2D eigenvalue weighted by molar-refractivity contribution is -0.298. The van der Waals surface area contributed by atoms with Gasteiger partial charge in [-0.25, -0.2) is 0 Å². The van der Waals surface area contributed by atoms with Gasteiger partial charge in [-0.05, 0) is 0 Å². The fraction of sp³-hybridized carbons (Fsp3) is 1.00. The van der Waals surface area contributed by atoms with E-state index in [0.717, 1.165) is 0 Å². The number of ether oxygens (including phenoxy) is 4. The van der Waals surface area contributed by atoms with Gasteiger partial charge < -0.3 is 18.9 Å². The van der Waals surface area contributed by atoms with Gasteiger partial charge in [0.15, 0.2) is 5.79 Å². The highest BCUT2D eigenvalue weighted by Gasteiger charge is 2.42. The van der Waals surface area contributed by atoms with Crippen molar-refractivity contribution in [1.29, 1.82) is 0 Å². The van der Waals surface area contributed by atoms with Crippen molar-refractivity contribution in [3.05, 3.63) is 0 Å². The molecule has 0 N–H and O–H groups in total. The van der Waals surface area contributed by atoms with E-state index in [1.54, 1.807) is 21.3 Å². The van der Waals surface area contributed by atoms with Crippen molar-refractivity contribution in [2.75, 3.05) is 34.5 Å². The highest BCUT2D eigenvalue weighted by atomic mass is 16.7.